The summed E-state index contributed by atoms with van der Waals surface area (Å²) in [6.07, 6.45) is -5.24. The van der Waals surface area contributed by atoms with Crippen LogP contribution in [0, 0.1) is 0 Å². The van der Waals surface area contributed by atoms with E-state index in [1.807, 2.05) is 0 Å². The van der Waals surface area contributed by atoms with Crippen LogP contribution >= 0.6 is 11.6 Å². The Morgan fingerprint density at radius 2 is 1.87 bits per heavy atom. The number of nitrogens with zero attached hydrogens (tertiary/aromatic N) is 2. The number of fused-ring (bicyclic) bond motifs is 1. The van der Waals surface area contributed by atoms with E-state index in [0.29, 0.717) is 16.7 Å². The molecule has 0 radical (unpaired) electrons. The second kappa shape index (κ2) is 6.52. The number of halogens is 1. The van der Waals surface area contributed by atoms with Crippen LogP contribution in [0.25, 0.3) is 10.9 Å². The van der Waals surface area contributed by atoms with Gasteiger partial charge in [-0.25, -0.2) is 9.97 Å². The molecule has 124 valence electrons. The fourth-order valence-electron chi connectivity index (χ4n) is 2.57. The number of rotatable bonds is 3. The summed E-state index contributed by atoms with van der Waals surface area (Å²) < 4.78 is 5.10. The summed E-state index contributed by atoms with van der Waals surface area (Å²) in [4.78, 5) is 8.15. The minimum atomic E-state index is -1.45. The molecule has 3 unspecified atom stereocenters. The van der Waals surface area contributed by atoms with Crippen LogP contribution in [0.3, 0.4) is 0 Å². The predicted octanol–water partition coefficient (Wildman–Crippen LogP) is -0.505. The third-order valence-corrected chi connectivity index (χ3v) is 3.95. The van der Waals surface area contributed by atoms with Gasteiger partial charge < -0.3 is 30.5 Å². The lowest BCUT2D eigenvalue weighted by molar-refractivity contribution is -0.245. The van der Waals surface area contributed by atoms with Crippen molar-refractivity contribution < 1.29 is 25.2 Å². The molecule has 3 rings (SSSR count). The van der Waals surface area contributed by atoms with Crippen LogP contribution in [0.1, 0.15) is 0 Å². The molecule has 1 aliphatic rings. The normalized spacial score (nSPS) is 31.3. The third kappa shape index (κ3) is 3.09. The number of anilines is 1. The molecule has 1 aromatic heterocycles. The van der Waals surface area contributed by atoms with Gasteiger partial charge in [-0.15, -0.1) is 0 Å². The first-order valence-electron chi connectivity index (χ1n) is 7.00. The molecule has 0 saturated carbocycles. The van der Waals surface area contributed by atoms with E-state index in [4.69, 9.17) is 21.4 Å². The molecule has 1 fully saturated rings. The zero-order chi connectivity index (χ0) is 16.6. The predicted molar refractivity (Wildman–Crippen MR) is 81.9 cm³/mol. The van der Waals surface area contributed by atoms with Crippen molar-refractivity contribution in [3.05, 3.63) is 29.5 Å². The molecule has 1 aliphatic heterocycles. The highest BCUT2D eigenvalue weighted by molar-refractivity contribution is 6.28. The highest BCUT2D eigenvalue weighted by Gasteiger charge is 2.43. The van der Waals surface area contributed by atoms with E-state index in [1.165, 1.54) is 0 Å². The van der Waals surface area contributed by atoms with Crippen molar-refractivity contribution in [3.8, 4) is 0 Å². The van der Waals surface area contributed by atoms with Crippen molar-refractivity contribution in [2.75, 3.05) is 11.9 Å². The number of benzene rings is 1. The molecule has 1 saturated heterocycles. The summed E-state index contributed by atoms with van der Waals surface area (Å²) in [5.41, 5.74) is 0.587. The van der Waals surface area contributed by atoms with Crippen molar-refractivity contribution in [2.45, 2.75) is 30.6 Å². The fraction of sp³-hybridized carbons (Fsp3) is 0.429. The number of aromatic nitrogens is 2. The Kier molecular flexibility index (Phi) is 4.62. The quantitative estimate of drug-likeness (QED) is 0.472. The molecular weight excluding hydrogens is 326 g/mol. The average Bonchev–Trinajstić information content (AvgIpc) is 2.54. The Labute approximate surface area is 136 Å². The maximum Gasteiger partial charge on any atom is 0.224 e. The van der Waals surface area contributed by atoms with Gasteiger partial charge >= 0.3 is 0 Å². The number of hydrogen-bond acceptors (Lipinski definition) is 8. The summed E-state index contributed by atoms with van der Waals surface area (Å²) in [6.45, 7) is -0.524. The van der Waals surface area contributed by atoms with Gasteiger partial charge in [-0.05, 0) is 23.7 Å². The van der Waals surface area contributed by atoms with Gasteiger partial charge in [-0.1, -0.05) is 12.1 Å². The summed E-state index contributed by atoms with van der Waals surface area (Å²) in [5, 5.41) is 42.7. The molecule has 23 heavy (non-hydrogen) atoms. The van der Waals surface area contributed by atoms with Gasteiger partial charge in [-0.3, -0.25) is 0 Å². The molecule has 1 aromatic carbocycles. The summed E-state index contributed by atoms with van der Waals surface area (Å²) in [5.74, 6) is 0.293. The van der Waals surface area contributed by atoms with E-state index in [0.717, 1.165) is 0 Å². The van der Waals surface area contributed by atoms with Crippen molar-refractivity contribution in [2.24, 2.45) is 0 Å². The summed E-state index contributed by atoms with van der Waals surface area (Å²) in [6, 6.07) is 6.02. The van der Waals surface area contributed by atoms with Crippen LogP contribution in [0.2, 0.25) is 5.28 Å². The second-order valence-corrected chi connectivity index (χ2v) is 5.60. The van der Waals surface area contributed by atoms with Gasteiger partial charge in [0.1, 0.15) is 30.2 Å². The molecule has 5 atom stereocenters. The van der Waals surface area contributed by atoms with Gasteiger partial charge in [0.2, 0.25) is 5.28 Å². The van der Waals surface area contributed by atoms with Crippen LogP contribution in [0.15, 0.2) is 24.3 Å². The van der Waals surface area contributed by atoms with E-state index in [2.05, 4.69) is 15.3 Å². The van der Waals surface area contributed by atoms with Crippen molar-refractivity contribution in [3.63, 3.8) is 0 Å². The molecular formula is C14H16ClN3O5. The molecule has 0 spiro atoms. The van der Waals surface area contributed by atoms with Gasteiger partial charge in [0.25, 0.3) is 0 Å². The van der Waals surface area contributed by atoms with Gasteiger partial charge in [0, 0.05) is 5.39 Å². The summed E-state index contributed by atoms with van der Waals surface area (Å²) in [7, 11) is 0. The minimum absolute atomic E-state index is 0.000639. The number of hydrogen-bond donors (Lipinski definition) is 5. The lowest BCUT2D eigenvalue weighted by Gasteiger charge is -2.40. The fourth-order valence-corrected chi connectivity index (χ4v) is 2.74. The van der Waals surface area contributed by atoms with Crippen LogP contribution in [0.5, 0.6) is 0 Å². The van der Waals surface area contributed by atoms with Crippen LogP contribution in [0.4, 0.5) is 5.82 Å². The number of nitrogens with one attached hydrogen (secondary N) is 1. The first kappa shape index (κ1) is 16.3. The van der Waals surface area contributed by atoms with E-state index < -0.39 is 37.3 Å². The molecule has 2 heterocycles. The van der Waals surface area contributed by atoms with Crippen molar-refractivity contribution >= 4 is 28.3 Å². The molecule has 2 aromatic rings. The largest absolute Gasteiger partial charge is 0.394 e. The Balaban J connectivity index is 1.92. The first-order valence-corrected chi connectivity index (χ1v) is 7.38. The van der Waals surface area contributed by atoms with E-state index in [1.54, 1.807) is 24.3 Å². The van der Waals surface area contributed by atoms with Crippen LogP contribution in [-0.4, -0.2) is 67.6 Å². The van der Waals surface area contributed by atoms with Crippen molar-refractivity contribution in [1.29, 1.82) is 0 Å². The highest BCUT2D eigenvalue weighted by atomic mass is 35.5. The molecule has 8 nitrogen and oxygen atoms in total. The molecule has 0 bridgehead atoms. The lowest BCUT2D eigenvalue weighted by atomic mass is 9.97. The molecule has 5 N–H and O–H groups in total. The van der Waals surface area contributed by atoms with Crippen molar-refractivity contribution in [1.82, 2.24) is 9.97 Å². The number of para-hydroxylation sites is 1. The Bertz CT molecular complexity index is 703. The lowest BCUT2D eigenvalue weighted by Crippen LogP contribution is -2.61. The maximum absolute atomic E-state index is 10.2. The monoisotopic (exact) mass is 341 g/mol. The molecule has 9 heteroatoms. The third-order valence-electron chi connectivity index (χ3n) is 3.78. The zero-order valence-corrected chi connectivity index (χ0v) is 12.6. The van der Waals surface area contributed by atoms with E-state index in [-0.39, 0.29) is 5.28 Å². The average molecular weight is 342 g/mol. The highest BCUT2D eigenvalue weighted by Crippen LogP contribution is 2.27. The van der Waals surface area contributed by atoms with Gasteiger partial charge in [0.05, 0.1) is 12.1 Å². The maximum atomic E-state index is 10.2. The summed E-state index contributed by atoms with van der Waals surface area (Å²) >= 11 is 5.89. The van der Waals surface area contributed by atoms with E-state index >= 15 is 0 Å². The van der Waals surface area contributed by atoms with Crippen LogP contribution in [-0.2, 0) is 4.74 Å². The standard InChI is InChI=1S/C14H16ClN3O5/c15-14-16-7-4-2-1-3-6(7)12(18-14)17-9-11(21)10(20)8(5-19)23-13(9)22/h1-4,8-11,13,19-22H,5H2,(H,16,17,18)/t8-,9?,10?,11-,13?/m1/s1. The SMILES string of the molecule is OC[C@H]1OC(O)C(Nc2nc(Cl)nc3ccccc23)[C@@H](O)C1O. The number of aliphatic hydroxyl groups is 4. The Hall–Kier alpha value is -1.55. The molecule has 0 aliphatic carbocycles. The molecule has 0 amide bonds. The van der Waals surface area contributed by atoms with E-state index in [9.17, 15) is 15.3 Å². The van der Waals surface area contributed by atoms with Crippen LogP contribution < -0.4 is 5.32 Å². The number of ether oxygens (including phenoxy) is 1. The smallest absolute Gasteiger partial charge is 0.224 e. The first-order chi connectivity index (χ1) is 11.0. The second-order valence-electron chi connectivity index (χ2n) is 5.26. The zero-order valence-electron chi connectivity index (χ0n) is 11.9. The topological polar surface area (TPSA) is 128 Å². The Morgan fingerprint density at radius 3 is 2.61 bits per heavy atom. The minimum Gasteiger partial charge on any atom is -0.394 e. The Morgan fingerprint density at radius 1 is 1.13 bits per heavy atom. The van der Waals surface area contributed by atoms with Gasteiger partial charge in [0.15, 0.2) is 6.29 Å². The van der Waals surface area contributed by atoms with Gasteiger partial charge in [-0.2, -0.15) is 0 Å². The number of aliphatic hydroxyl groups excluding tert-OH is 4.